The first-order chi connectivity index (χ1) is 12.7. The number of likely N-dealkylation sites (N-methyl/N-ethyl adjacent to an activating group) is 1. The number of amides is 1. The van der Waals surface area contributed by atoms with Crippen LogP contribution in [0.1, 0.15) is 12.5 Å². The average Bonchev–Trinajstić information content (AvgIpc) is 3.07. The molecule has 10 heteroatoms. The van der Waals surface area contributed by atoms with E-state index < -0.39 is 28.6 Å². The number of nitrogens with zero attached hydrogens (tertiary/aromatic N) is 3. The molecule has 2 aromatic rings. The largest absolute Gasteiger partial charge is 0.452 e. The quantitative estimate of drug-likeness (QED) is 0.644. The minimum Gasteiger partial charge on any atom is -0.452 e. The SMILES string of the molecule is CC(OC(=O)CNS(=O)(=O)c1cnn(C)c1)C(=O)N(C)Cc1ccccc1. The predicted octanol–water partition coefficient (Wildman–Crippen LogP) is 0.289. The summed E-state index contributed by atoms with van der Waals surface area (Å²) in [6.07, 6.45) is 1.44. The zero-order valence-electron chi connectivity index (χ0n) is 15.3. The fourth-order valence-corrected chi connectivity index (χ4v) is 3.26. The number of hydrogen-bond donors (Lipinski definition) is 1. The maximum Gasteiger partial charge on any atom is 0.321 e. The predicted molar refractivity (Wildman–Crippen MR) is 96.9 cm³/mol. The van der Waals surface area contributed by atoms with Gasteiger partial charge in [0.25, 0.3) is 5.91 Å². The van der Waals surface area contributed by atoms with Crippen LogP contribution in [0.3, 0.4) is 0 Å². The molecule has 2 rings (SSSR count). The fraction of sp³-hybridized carbons (Fsp3) is 0.353. The van der Waals surface area contributed by atoms with Gasteiger partial charge in [-0.1, -0.05) is 30.3 Å². The van der Waals surface area contributed by atoms with E-state index in [1.54, 1.807) is 14.1 Å². The number of carbonyl (C=O) groups excluding carboxylic acids is 2. The first-order valence-electron chi connectivity index (χ1n) is 8.16. The molecule has 1 amide bonds. The molecule has 0 bridgehead atoms. The Labute approximate surface area is 158 Å². The Morgan fingerprint density at radius 1 is 1.30 bits per heavy atom. The summed E-state index contributed by atoms with van der Waals surface area (Å²) in [5.74, 6) is -1.24. The fourth-order valence-electron chi connectivity index (χ4n) is 2.31. The molecular weight excluding hydrogens is 372 g/mol. The summed E-state index contributed by atoms with van der Waals surface area (Å²) < 4.78 is 32.5. The summed E-state index contributed by atoms with van der Waals surface area (Å²) in [7, 11) is -0.699. The van der Waals surface area contributed by atoms with Gasteiger partial charge in [0, 0.05) is 26.8 Å². The molecular formula is C17H22N4O5S. The van der Waals surface area contributed by atoms with Gasteiger partial charge in [-0.05, 0) is 12.5 Å². The Morgan fingerprint density at radius 2 is 1.96 bits per heavy atom. The van der Waals surface area contributed by atoms with Crippen LogP contribution in [0.2, 0.25) is 0 Å². The maximum absolute atomic E-state index is 12.3. The normalized spacial score (nSPS) is 12.4. The lowest BCUT2D eigenvalue weighted by molar-refractivity contribution is -0.157. The van der Waals surface area contributed by atoms with E-state index in [1.807, 2.05) is 30.3 Å². The zero-order chi connectivity index (χ0) is 20.0. The molecule has 1 unspecified atom stereocenters. The van der Waals surface area contributed by atoms with E-state index in [-0.39, 0.29) is 10.8 Å². The second kappa shape index (κ2) is 8.78. The number of sulfonamides is 1. The number of carbonyl (C=O) groups is 2. The van der Waals surface area contributed by atoms with Crippen LogP contribution in [-0.4, -0.2) is 54.7 Å². The van der Waals surface area contributed by atoms with Crippen LogP contribution in [-0.2, 0) is 37.9 Å². The maximum atomic E-state index is 12.3. The first-order valence-corrected chi connectivity index (χ1v) is 9.64. The highest BCUT2D eigenvalue weighted by Crippen LogP contribution is 2.07. The van der Waals surface area contributed by atoms with Crippen molar-refractivity contribution in [1.29, 1.82) is 0 Å². The Kier molecular flexibility index (Phi) is 6.70. The van der Waals surface area contributed by atoms with Gasteiger partial charge in [-0.15, -0.1) is 0 Å². The van der Waals surface area contributed by atoms with Crippen molar-refractivity contribution in [2.45, 2.75) is 24.5 Å². The van der Waals surface area contributed by atoms with Gasteiger partial charge < -0.3 is 9.64 Å². The summed E-state index contributed by atoms with van der Waals surface area (Å²) in [6.45, 7) is 1.23. The van der Waals surface area contributed by atoms with Crippen LogP contribution in [0, 0.1) is 0 Å². The van der Waals surface area contributed by atoms with Crippen LogP contribution in [0.5, 0.6) is 0 Å². The van der Waals surface area contributed by atoms with Crippen molar-refractivity contribution in [3.8, 4) is 0 Å². The van der Waals surface area contributed by atoms with E-state index in [0.717, 1.165) is 5.56 Å². The number of aryl methyl sites for hydroxylation is 1. The number of ether oxygens (including phenoxy) is 1. The summed E-state index contributed by atoms with van der Waals surface area (Å²) in [5, 5.41) is 3.77. The number of benzene rings is 1. The van der Waals surface area contributed by atoms with Crippen LogP contribution >= 0.6 is 0 Å². The third-order valence-electron chi connectivity index (χ3n) is 3.69. The van der Waals surface area contributed by atoms with Gasteiger partial charge in [0.05, 0.1) is 6.20 Å². The molecule has 1 aromatic heterocycles. The zero-order valence-corrected chi connectivity index (χ0v) is 16.1. The molecule has 0 aliphatic heterocycles. The van der Waals surface area contributed by atoms with Gasteiger partial charge in [0.2, 0.25) is 10.0 Å². The number of nitrogens with one attached hydrogen (secondary N) is 1. The lowest BCUT2D eigenvalue weighted by Crippen LogP contribution is -2.39. The molecule has 1 aromatic carbocycles. The van der Waals surface area contributed by atoms with Crippen molar-refractivity contribution in [3.05, 3.63) is 48.3 Å². The highest BCUT2D eigenvalue weighted by Gasteiger charge is 2.23. The van der Waals surface area contributed by atoms with Crippen molar-refractivity contribution >= 4 is 21.9 Å². The minimum atomic E-state index is -3.88. The van der Waals surface area contributed by atoms with E-state index in [2.05, 4.69) is 9.82 Å². The number of hydrogen-bond acceptors (Lipinski definition) is 6. The highest BCUT2D eigenvalue weighted by atomic mass is 32.2. The summed E-state index contributed by atoms with van der Waals surface area (Å²) >= 11 is 0. The molecule has 0 radical (unpaired) electrons. The molecule has 0 aliphatic rings. The van der Waals surface area contributed by atoms with E-state index in [4.69, 9.17) is 4.74 Å². The molecule has 27 heavy (non-hydrogen) atoms. The Hall–Kier alpha value is -2.72. The van der Waals surface area contributed by atoms with Gasteiger partial charge in [0.15, 0.2) is 6.10 Å². The molecule has 1 atom stereocenters. The van der Waals surface area contributed by atoms with Crippen molar-refractivity contribution < 1.29 is 22.7 Å². The molecule has 1 heterocycles. The van der Waals surface area contributed by atoms with Gasteiger partial charge in [-0.2, -0.15) is 9.82 Å². The smallest absolute Gasteiger partial charge is 0.321 e. The van der Waals surface area contributed by atoms with Gasteiger partial charge >= 0.3 is 5.97 Å². The van der Waals surface area contributed by atoms with Gasteiger partial charge in [-0.25, -0.2) is 8.42 Å². The molecule has 0 saturated carbocycles. The molecule has 1 N–H and O–H groups in total. The molecule has 0 saturated heterocycles. The first kappa shape index (κ1) is 20.6. The van der Waals surface area contributed by atoms with E-state index in [1.165, 1.54) is 28.9 Å². The van der Waals surface area contributed by atoms with Crippen LogP contribution in [0.25, 0.3) is 0 Å². The van der Waals surface area contributed by atoms with E-state index in [0.29, 0.717) is 6.54 Å². The number of rotatable bonds is 8. The molecule has 146 valence electrons. The van der Waals surface area contributed by atoms with Crippen LogP contribution < -0.4 is 4.72 Å². The van der Waals surface area contributed by atoms with E-state index >= 15 is 0 Å². The van der Waals surface area contributed by atoms with Crippen molar-refractivity contribution in [2.75, 3.05) is 13.6 Å². The molecule has 9 nitrogen and oxygen atoms in total. The Morgan fingerprint density at radius 3 is 2.56 bits per heavy atom. The molecule has 0 fully saturated rings. The van der Waals surface area contributed by atoms with Crippen LogP contribution in [0.4, 0.5) is 0 Å². The topological polar surface area (TPSA) is 111 Å². The molecule has 0 aliphatic carbocycles. The third kappa shape index (κ3) is 5.90. The lowest BCUT2D eigenvalue weighted by atomic mass is 10.2. The monoisotopic (exact) mass is 394 g/mol. The van der Waals surface area contributed by atoms with Crippen molar-refractivity contribution in [2.24, 2.45) is 7.05 Å². The van der Waals surface area contributed by atoms with Crippen molar-refractivity contribution in [1.82, 2.24) is 19.4 Å². The second-order valence-electron chi connectivity index (χ2n) is 5.99. The molecule has 0 spiro atoms. The standard InChI is InChI=1S/C17H22N4O5S/c1-13(17(23)20(2)11-14-7-5-4-6-8-14)26-16(22)10-19-27(24,25)15-9-18-21(3)12-15/h4-9,12-13,19H,10-11H2,1-3H3. The number of aromatic nitrogens is 2. The lowest BCUT2D eigenvalue weighted by Gasteiger charge is -2.21. The van der Waals surface area contributed by atoms with E-state index in [9.17, 15) is 18.0 Å². The summed E-state index contributed by atoms with van der Waals surface area (Å²) in [5.41, 5.74) is 0.941. The number of esters is 1. The second-order valence-corrected chi connectivity index (χ2v) is 7.75. The highest BCUT2D eigenvalue weighted by molar-refractivity contribution is 7.89. The Balaban J connectivity index is 1.84. The van der Waals surface area contributed by atoms with Gasteiger partial charge in [-0.3, -0.25) is 14.3 Å². The van der Waals surface area contributed by atoms with Crippen molar-refractivity contribution in [3.63, 3.8) is 0 Å². The summed E-state index contributed by atoms with van der Waals surface area (Å²) in [4.78, 5) is 25.6. The van der Waals surface area contributed by atoms with Crippen LogP contribution in [0.15, 0.2) is 47.6 Å². The Bertz CT molecular complexity index is 895. The minimum absolute atomic E-state index is 0.0653. The van der Waals surface area contributed by atoms with Gasteiger partial charge in [0.1, 0.15) is 11.4 Å². The average molecular weight is 394 g/mol. The third-order valence-corrected chi connectivity index (χ3v) is 5.05. The summed E-state index contributed by atoms with van der Waals surface area (Å²) in [6, 6.07) is 9.38.